The largest absolute Gasteiger partial charge is 0.459 e. The minimum Gasteiger partial charge on any atom is -0.385 e. The third-order valence-electron chi connectivity index (χ3n) is 1.64. The van der Waals surface area contributed by atoms with E-state index in [2.05, 4.69) is 5.73 Å². The standard InChI is InChI=1S/C6H8F7NO/c1-2(14)3(15)4(7,8)5(9,10)6(11,12)13/h2-3,15H,14H2,1H3. The minimum atomic E-state index is -6.45. The molecule has 0 fully saturated rings. The van der Waals surface area contributed by atoms with E-state index < -0.39 is 30.2 Å². The molecular formula is C6H8F7NO. The summed E-state index contributed by atoms with van der Waals surface area (Å²) in [5.74, 6) is -12.0. The Morgan fingerprint density at radius 3 is 1.53 bits per heavy atom. The molecule has 0 aromatic carbocycles. The molecule has 0 rings (SSSR count). The van der Waals surface area contributed by atoms with Crippen molar-refractivity contribution in [3.8, 4) is 0 Å². The van der Waals surface area contributed by atoms with Crippen molar-refractivity contribution >= 4 is 0 Å². The summed E-state index contributed by atoms with van der Waals surface area (Å²) in [7, 11) is 0. The van der Waals surface area contributed by atoms with Crippen LogP contribution in [0.2, 0.25) is 0 Å². The van der Waals surface area contributed by atoms with E-state index in [4.69, 9.17) is 5.11 Å². The quantitative estimate of drug-likeness (QED) is 0.738. The van der Waals surface area contributed by atoms with Crippen LogP contribution in [0.1, 0.15) is 6.92 Å². The molecule has 9 heteroatoms. The molecule has 0 spiro atoms. The van der Waals surface area contributed by atoms with Crippen LogP contribution in [0.4, 0.5) is 30.7 Å². The summed E-state index contributed by atoms with van der Waals surface area (Å²) < 4.78 is 84.3. The highest BCUT2D eigenvalue weighted by Crippen LogP contribution is 2.48. The third-order valence-corrected chi connectivity index (χ3v) is 1.64. The van der Waals surface area contributed by atoms with Crippen molar-refractivity contribution < 1.29 is 35.8 Å². The minimum absolute atomic E-state index is 0.686. The first-order valence-electron chi connectivity index (χ1n) is 3.61. The van der Waals surface area contributed by atoms with Crippen molar-refractivity contribution in [2.45, 2.75) is 37.1 Å². The molecular weight excluding hydrogens is 235 g/mol. The Kier molecular flexibility index (Phi) is 3.64. The van der Waals surface area contributed by atoms with Gasteiger partial charge in [0.2, 0.25) is 0 Å². The summed E-state index contributed by atoms with van der Waals surface area (Å²) in [6.45, 7) is 0.686. The number of halogens is 7. The Hall–Kier alpha value is -0.570. The van der Waals surface area contributed by atoms with E-state index >= 15 is 0 Å². The maximum absolute atomic E-state index is 12.5. The first-order chi connectivity index (χ1) is 6.35. The van der Waals surface area contributed by atoms with Crippen molar-refractivity contribution in [2.24, 2.45) is 5.73 Å². The smallest absolute Gasteiger partial charge is 0.385 e. The first kappa shape index (κ1) is 14.4. The van der Waals surface area contributed by atoms with Crippen LogP contribution in [-0.2, 0) is 0 Å². The van der Waals surface area contributed by atoms with Crippen LogP contribution in [0.25, 0.3) is 0 Å². The fourth-order valence-corrected chi connectivity index (χ4v) is 0.705. The Morgan fingerprint density at radius 1 is 1.00 bits per heavy atom. The summed E-state index contributed by atoms with van der Waals surface area (Å²) >= 11 is 0. The van der Waals surface area contributed by atoms with Gasteiger partial charge in [-0.3, -0.25) is 0 Å². The van der Waals surface area contributed by atoms with Gasteiger partial charge in [0.05, 0.1) is 0 Å². The van der Waals surface area contributed by atoms with E-state index in [1.54, 1.807) is 0 Å². The van der Waals surface area contributed by atoms with E-state index in [-0.39, 0.29) is 0 Å². The van der Waals surface area contributed by atoms with E-state index in [9.17, 15) is 30.7 Å². The van der Waals surface area contributed by atoms with E-state index in [0.29, 0.717) is 6.92 Å². The van der Waals surface area contributed by atoms with Crippen molar-refractivity contribution in [1.82, 2.24) is 0 Å². The molecule has 0 aliphatic rings. The van der Waals surface area contributed by atoms with Gasteiger partial charge in [0.15, 0.2) is 0 Å². The highest BCUT2D eigenvalue weighted by Gasteiger charge is 2.75. The van der Waals surface area contributed by atoms with Crippen molar-refractivity contribution in [2.75, 3.05) is 0 Å². The fraction of sp³-hybridized carbons (Fsp3) is 1.00. The molecule has 0 aliphatic heterocycles. The summed E-state index contributed by atoms with van der Waals surface area (Å²) in [5.41, 5.74) is 4.63. The maximum atomic E-state index is 12.5. The average Bonchev–Trinajstić information content (AvgIpc) is 2.00. The van der Waals surface area contributed by atoms with E-state index in [0.717, 1.165) is 0 Å². The van der Waals surface area contributed by atoms with Gasteiger partial charge in [-0.05, 0) is 6.92 Å². The number of aliphatic hydroxyl groups is 1. The molecule has 0 amide bonds. The Balaban J connectivity index is 5.19. The number of hydrogen-bond donors (Lipinski definition) is 2. The molecule has 0 aromatic heterocycles. The van der Waals surface area contributed by atoms with Gasteiger partial charge < -0.3 is 10.8 Å². The molecule has 0 bridgehead atoms. The molecule has 2 unspecified atom stereocenters. The molecule has 0 radical (unpaired) electrons. The monoisotopic (exact) mass is 243 g/mol. The second-order valence-electron chi connectivity index (χ2n) is 3.00. The lowest BCUT2D eigenvalue weighted by atomic mass is 10.0. The fourth-order valence-electron chi connectivity index (χ4n) is 0.705. The number of alkyl halides is 7. The van der Waals surface area contributed by atoms with Crippen LogP contribution >= 0.6 is 0 Å². The molecule has 0 aliphatic carbocycles. The molecule has 2 nitrogen and oxygen atoms in total. The van der Waals surface area contributed by atoms with Gasteiger partial charge in [-0.15, -0.1) is 0 Å². The van der Waals surface area contributed by atoms with Crippen LogP contribution in [0.3, 0.4) is 0 Å². The normalized spacial score (nSPS) is 18.8. The zero-order valence-corrected chi connectivity index (χ0v) is 7.33. The molecule has 0 saturated carbocycles. The lowest BCUT2D eigenvalue weighted by Gasteiger charge is -2.32. The zero-order chi connectivity index (χ0) is 12.7. The summed E-state index contributed by atoms with van der Waals surface area (Å²) in [6, 6.07) is -1.92. The SMILES string of the molecule is CC(N)C(O)C(F)(F)C(F)(F)C(F)(F)F. The molecule has 15 heavy (non-hydrogen) atoms. The molecule has 0 aromatic rings. The van der Waals surface area contributed by atoms with Crippen molar-refractivity contribution in [1.29, 1.82) is 0 Å². The van der Waals surface area contributed by atoms with Crippen molar-refractivity contribution in [3.63, 3.8) is 0 Å². The highest BCUT2D eigenvalue weighted by atomic mass is 19.4. The van der Waals surface area contributed by atoms with Gasteiger partial charge in [0.25, 0.3) is 0 Å². The second kappa shape index (κ2) is 3.78. The molecule has 2 atom stereocenters. The van der Waals surface area contributed by atoms with Crippen LogP contribution in [0, 0.1) is 0 Å². The van der Waals surface area contributed by atoms with Gasteiger partial charge in [0, 0.05) is 6.04 Å². The highest BCUT2D eigenvalue weighted by molar-refractivity contribution is 4.98. The summed E-state index contributed by atoms with van der Waals surface area (Å²) in [6.07, 6.45) is -9.74. The lowest BCUT2D eigenvalue weighted by Crippen LogP contribution is -2.61. The zero-order valence-electron chi connectivity index (χ0n) is 7.33. The van der Waals surface area contributed by atoms with Crippen LogP contribution < -0.4 is 5.73 Å². The third kappa shape index (κ3) is 2.33. The summed E-state index contributed by atoms with van der Waals surface area (Å²) in [4.78, 5) is 0. The molecule has 3 N–H and O–H groups in total. The Bertz CT molecular complexity index is 224. The van der Waals surface area contributed by atoms with Gasteiger partial charge in [-0.25, -0.2) is 0 Å². The number of nitrogens with two attached hydrogens (primary N) is 1. The number of rotatable bonds is 3. The van der Waals surface area contributed by atoms with E-state index in [1.165, 1.54) is 0 Å². The molecule has 0 saturated heterocycles. The average molecular weight is 243 g/mol. The van der Waals surface area contributed by atoms with Gasteiger partial charge >= 0.3 is 18.0 Å². The number of aliphatic hydroxyl groups excluding tert-OH is 1. The van der Waals surface area contributed by atoms with Crippen LogP contribution in [0.15, 0.2) is 0 Å². The van der Waals surface area contributed by atoms with Crippen LogP contribution in [0.5, 0.6) is 0 Å². The molecule has 0 heterocycles. The van der Waals surface area contributed by atoms with Gasteiger partial charge in [-0.1, -0.05) is 0 Å². The number of hydrogen-bond acceptors (Lipinski definition) is 2. The second-order valence-corrected chi connectivity index (χ2v) is 3.00. The van der Waals surface area contributed by atoms with Gasteiger partial charge in [0.1, 0.15) is 6.10 Å². The van der Waals surface area contributed by atoms with Crippen LogP contribution in [-0.4, -0.2) is 35.3 Å². The van der Waals surface area contributed by atoms with Crippen molar-refractivity contribution in [3.05, 3.63) is 0 Å². The Morgan fingerprint density at radius 2 is 1.33 bits per heavy atom. The Labute approximate surface area is 79.9 Å². The summed E-state index contributed by atoms with van der Waals surface area (Å²) in [5, 5.41) is 8.50. The maximum Gasteiger partial charge on any atom is 0.459 e. The topological polar surface area (TPSA) is 46.2 Å². The molecule has 92 valence electrons. The predicted molar refractivity (Wildman–Crippen MR) is 35.6 cm³/mol. The van der Waals surface area contributed by atoms with E-state index in [1.807, 2.05) is 0 Å². The predicted octanol–water partition coefficient (Wildman–Crippen LogP) is 1.53. The lowest BCUT2D eigenvalue weighted by molar-refractivity contribution is -0.371. The van der Waals surface area contributed by atoms with Gasteiger partial charge in [-0.2, -0.15) is 30.7 Å². The first-order valence-corrected chi connectivity index (χ1v) is 3.61.